The lowest BCUT2D eigenvalue weighted by Crippen LogP contribution is -2.24. The zero-order valence-corrected chi connectivity index (χ0v) is 8.86. The molecule has 3 nitrogen and oxygen atoms in total. The lowest BCUT2D eigenvalue weighted by molar-refractivity contribution is -0.120. The largest absolute Gasteiger partial charge is 0.355 e. The molecule has 1 aromatic rings. The molecule has 0 aliphatic rings. The molecule has 0 radical (unpaired) electrons. The second-order valence-corrected chi connectivity index (χ2v) is 3.96. The number of nitriles is 1. The van der Waals surface area contributed by atoms with Crippen molar-refractivity contribution < 1.29 is 4.79 Å². The number of nitrogens with one attached hydrogen (secondary N) is 1. The fourth-order valence-electron chi connectivity index (χ4n) is 1.11. The Bertz CT molecular complexity index is 351. The van der Waals surface area contributed by atoms with Gasteiger partial charge in [0.15, 0.2) is 0 Å². The zero-order valence-electron chi connectivity index (χ0n) is 8.04. The van der Waals surface area contributed by atoms with Gasteiger partial charge in [0.25, 0.3) is 0 Å². The van der Waals surface area contributed by atoms with Crippen molar-refractivity contribution in [2.24, 2.45) is 0 Å². The third-order valence-corrected chi connectivity index (χ3v) is 2.96. The first-order valence-corrected chi connectivity index (χ1v) is 5.28. The minimum Gasteiger partial charge on any atom is -0.355 e. The van der Waals surface area contributed by atoms with Gasteiger partial charge in [-0.2, -0.15) is 5.26 Å². The predicted molar refractivity (Wildman–Crippen MR) is 56.0 cm³/mol. The normalized spacial score (nSPS) is 9.43. The second kappa shape index (κ2) is 5.40. The molecule has 0 bridgehead atoms. The molecule has 1 aromatic heterocycles. The molecule has 0 saturated carbocycles. The average molecular weight is 208 g/mol. The van der Waals surface area contributed by atoms with Crippen LogP contribution in [0.15, 0.2) is 11.4 Å². The Morgan fingerprint density at radius 1 is 1.71 bits per heavy atom. The van der Waals surface area contributed by atoms with E-state index in [1.54, 1.807) is 11.3 Å². The van der Waals surface area contributed by atoms with E-state index in [0.29, 0.717) is 6.54 Å². The predicted octanol–water partition coefficient (Wildman–Crippen LogP) is 1.63. The highest BCUT2D eigenvalue weighted by Crippen LogP contribution is 2.15. The third-order valence-electron chi connectivity index (χ3n) is 1.88. The zero-order chi connectivity index (χ0) is 10.4. The molecule has 0 aliphatic carbocycles. The van der Waals surface area contributed by atoms with E-state index in [0.717, 1.165) is 6.42 Å². The van der Waals surface area contributed by atoms with Crippen LogP contribution >= 0.6 is 11.3 Å². The van der Waals surface area contributed by atoms with Gasteiger partial charge in [0, 0.05) is 11.4 Å². The molecule has 14 heavy (non-hydrogen) atoms. The minimum atomic E-state index is -0.193. The summed E-state index contributed by atoms with van der Waals surface area (Å²) in [6.45, 7) is 2.67. The van der Waals surface area contributed by atoms with Crippen LogP contribution in [-0.2, 0) is 11.2 Å². The first-order valence-electron chi connectivity index (χ1n) is 4.40. The smallest absolute Gasteiger partial charge is 0.234 e. The molecule has 0 aromatic carbocycles. The first-order chi connectivity index (χ1) is 6.74. The van der Waals surface area contributed by atoms with Crippen molar-refractivity contribution in [3.8, 4) is 6.07 Å². The number of nitrogens with zero attached hydrogens (tertiary/aromatic N) is 1. The van der Waals surface area contributed by atoms with E-state index < -0.39 is 0 Å². The Morgan fingerprint density at radius 2 is 2.50 bits per heavy atom. The SMILES string of the molecule is Cc1ccsc1CCNC(=O)CC#N. The van der Waals surface area contributed by atoms with Gasteiger partial charge >= 0.3 is 0 Å². The van der Waals surface area contributed by atoms with E-state index in [9.17, 15) is 4.79 Å². The van der Waals surface area contributed by atoms with Gasteiger partial charge in [0.1, 0.15) is 6.42 Å². The number of rotatable bonds is 4. The number of aryl methyl sites for hydroxylation is 1. The second-order valence-electron chi connectivity index (χ2n) is 2.96. The van der Waals surface area contributed by atoms with E-state index in [1.807, 2.05) is 11.4 Å². The highest BCUT2D eigenvalue weighted by molar-refractivity contribution is 7.10. The molecular formula is C10H12N2OS. The Hall–Kier alpha value is -1.34. The summed E-state index contributed by atoms with van der Waals surface area (Å²) < 4.78 is 0. The van der Waals surface area contributed by atoms with Crippen molar-refractivity contribution in [1.82, 2.24) is 5.32 Å². The lowest BCUT2D eigenvalue weighted by atomic mass is 10.2. The quantitative estimate of drug-likeness (QED) is 0.817. The van der Waals surface area contributed by atoms with Gasteiger partial charge in [-0.05, 0) is 30.4 Å². The molecule has 0 fully saturated rings. The van der Waals surface area contributed by atoms with Crippen molar-refractivity contribution in [2.45, 2.75) is 19.8 Å². The van der Waals surface area contributed by atoms with Gasteiger partial charge in [0.2, 0.25) is 5.91 Å². The first kappa shape index (κ1) is 10.7. The summed E-state index contributed by atoms with van der Waals surface area (Å²) in [6.07, 6.45) is 0.796. The van der Waals surface area contributed by atoms with E-state index in [1.165, 1.54) is 10.4 Å². The number of carbonyl (C=O) groups excluding carboxylic acids is 1. The van der Waals surface area contributed by atoms with Crippen LogP contribution in [0.1, 0.15) is 16.9 Å². The number of thiophene rings is 1. The van der Waals surface area contributed by atoms with Crippen LogP contribution in [0, 0.1) is 18.3 Å². The molecule has 0 atom stereocenters. The molecule has 1 rings (SSSR count). The maximum atomic E-state index is 10.9. The van der Waals surface area contributed by atoms with Crippen molar-refractivity contribution in [2.75, 3.05) is 6.54 Å². The Balaban J connectivity index is 2.26. The number of hydrogen-bond acceptors (Lipinski definition) is 3. The molecule has 74 valence electrons. The molecule has 0 unspecified atom stereocenters. The summed E-state index contributed by atoms with van der Waals surface area (Å²) >= 11 is 1.70. The van der Waals surface area contributed by atoms with E-state index in [-0.39, 0.29) is 12.3 Å². The van der Waals surface area contributed by atoms with Crippen LogP contribution in [0.4, 0.5) is 0 Å². The Labute approximate surface area is 87.4 Å². The van der Waals surface area contributed by atoms with Gasteiger partial charge in [0.05, 0.1) is 6.07 Å². The van der Waals surface area contributed by atoms with Crippen LogP contribution in [0.2, 0.25) is 0 Å². The van der Waals surface area contributed by atoms with E-state index >= 15 is 0 Å². The molecule has 4 heteroatoms. The average Bonchev–Trinajstić information content (AvgIpc) is 2.52. The topological polar surface area (TPSA) is 52.9 Å². The molecule has 1 heterocycles. The van der Waals surface area contributed by atoms with Crippen molar-refractivity contribution in [3.05, 3.63) is 21.9 Å². The number of carbonyl (C=O) groups is 1. The van der Waals surface area contributed by atoms with Gasteiger partial charge in [-0.15, -0.1) is 11.3 Å². The summed E-state index contributed by atoms with van der Waals surface area (Å²) in [4.78, 5) is 12.2. The summed E-state index contributed by atoms with van der Waals surface area (Å²) in [6, 6.07) is 3.88. The fraction of sp³-hybridized carbons (Fsp3) is 0.400. The van der Waals surface area contributed by atoms with E-state index in [4.69, 9.17) is 5.26 Å². The highest BCUT2D eigenvalue weighted by atomic mass is 32.1. The Morgan fingerprint density at radius 3 is 3.07 bits per heavy atom. The van der Waals surface area contributed by atoms with Crippen LogP contribution in [0.5, 0.6) is 0 Å². The van der Waals surface area contributed by atoms with Gasteiger partial charge in [-0.3, -0.25) is 4.79 Å². The van der Waals surface area contributed by atoms with Crippen molar-refractivity contribution >= 4 is 17.2 Å². The summed E-state index contributed by atoms with van der Waals surface area (Å²) in [7, 11) is 0. The monoisotopic (exact) mass is 208 g/mol. The van der Waals surface area contributed by atoms with Crippen molar-refractivity contribution in [1.29, 1.82) is 5.26 Å². The highest BCUT2D eigenvalue weighted by Gasteiger charge is 2.01. The van der Waals surface area contributed by atoms with Gasteiger partial charge in [-0.25, -0.2) is 0 Å². The number of hydrogen-bond donors (Lipinski definition) is 1. The maximum Gasteiger partial charge on any atom is 0.234 e. The minimum absolute atomic E-state index is 0.0522. The summed E-state index contributed by atoms with van der Waals surface area (Å²) in [5.41, 5.74) is 1.27. The molecule has 1 amide bonds. The standard InChI is InChI=1S/C10H12N2OS/c1-8-4-7-14-9(8)3-6-12-10(13)2-5-11/h4,7H,2-3,6H2,1H3,(H,12,13). The molecule has 1 N–H and O–H groups in total. The van der Waals surface area contributed by atoms with Gasteiger partial charge in [-0.1, -0.05) is 0 Å². The lowest BCUT2D eigenvalue weighted by Gasteiger charge is -2.01. The Kier molecular flexibility index (Phi) is 4.14. The molecule has 0 saturated heterocycles. The maximum absolute atomic E-state index is 10.9. The van der Waals surface area contributed by atoms with Crippen LogP contribution < -0.4 is 5.32 Å². The molecule has 0 aliphatic heterocycles. The van der Waals surface area contributed by atoms with Gasteiger partial charge < -0.3 is 5.32 Å². The van der Waals surface area contributed by atoms with Crippen LogP contribution in [-0.4, -0.2) is 12.5 Å². The number of amides is 1. The summed E-state index contributed by atoms with van der Waals surface area (Å²) in [5, 5.41) is 13.0. The fourth-order valence-corrected chi connectivity index (χ4v) is 2.02. The summed E-state index contributed by atoms with van der Waals surface area (Å²) in [5.74, 6) is -0.193. The molecule has 0 spiro atoms. The van der Waals surface area contributed by atoms with Crippen LogP contribution in [0.25, 0.3) is 0 Å². The molecular weight excluding hydrogens is 196 g/mol. The van der Waals surface area contributed by atoms with Crippen LogP contribution in [0.3, 0.4) is 0 Å². The van der Waals surface area contributed by atoms with Crippen molar-refractivity contribution in [3.63, 3.8) is 0 Å². The van der Waals surface area contributed by atoms with E-state index in [2.05, 4.69) is 18.3 Å². The third kappa shape index (κ3) is 3.19.